The lowest BCUT2D eigenvalue weighted by Crippen LogP contribution is -1.87. The van der Waals surface area contributed by atoms with Gasteiger partial charge >= 0.3 is 0 Å². The second-order valence-corrected chi connectivity index (χ2v) is 4.42. The molecule has 0 fully saturated rings. The standard InChI is InChI=1S/C13H8Cl2N2/c14-11-6-10(7-12(15)8-11)13-5-9(1-3-16)2-4-17-13/h2,4-8H,1H2. The van der Waals surface area contributed by atoms with Crippen LogP contribution in [0.15, 0.2) is 36.5 Å². The molecule has 0 amide bonds. The topological polar surface area (TPSA) is 36.7 Å². The number of hydrogen-bond donors (Lipinski definition) is 0. The normalized spacial score (nSPS) is 9.94. The lowest BCUT2D eigenvalue weighted by atomic mass is 10.1. The third kappa shape index (κ3) is 2.97. The van der Waals surface area contributed by atoms with E-state index in [9.17, 15) is 0 Å². The predicted octanol–water partition coefficient (Wildman–Crippen LogP) is 4.12. The summed E-state index contributed by atoms with van der Waals surface area (Å²) >= 11 is 11.9. The highest BCUT2D eigenvalue weighted by Gasteiger charge is 2.03. The Bertz CT molecular complexity index is 568. The molecule has 0 radical (unpaired) electrons. The molecule has 0 saturated carbocycles. The largest absolute Gasteiger partial charge is 0.256 e. The lowest BCUT2D eigenvalue weighted by molar-refractivity contribution is 1.21. The van der Waals surface area contributed by atoms with Crippen LogP contribution in [0.2, 0.25) is 10.0 Å². The zero-order valence-corrected chi connectivity index (χ0v) is 10.3. The molecule has 0 spiro atoms. The van der Waals surface area contributed by atoms with Gasteiger partial charge in [0.25, 0.3) is 0 Å². The number of rotatable bonds is 2. The summed E-state index contributed by atoms with van der Waals surface area (Å²) in [7, 11) is 0. The number of nitrogens with zero attached hydrogens (tertiary/aromatic N) is 2. The van der Waals surface area contributed by atoms with E-state index in [1.165, 1.54) is 0 Å². The van der Waals surface area contributed by atoms with Crippen molar-refractivity contribution >= 4 is 23.2 Å². The number of aromatic nitrogens is 1. The Balaban J connectivity index is 2.45. The zero-order chi connectivity index (χ0) is 12.3. The molecule has 1 heterocycles. The predicted molar refractivity (Wildman–Crippen MR) is 69.0 cm³/mol. The van der Waals surface area contributed by atoms with Crippen LogP contribution < -0.4 is 0 Å². The third-order valence-electron chi connectivity index (χ3n) is 2.27. The molecule has 2 nitrogen and oxygen atoms in total. The number of halogens is 2. The fourth-order valence-electron chi connectivity index (χ4n) is 1.54. The summed E-state index contributed by atoms with van der Waals surface area (Å²) in [6.07, 6.45) is 2.04. The van der Waals surface area contributed by atoms with Gasteiger partial charge in [-0.3, -0.25) is 4.98 Å². The molecule has 0 bridgehead atoms. The van der Waals surface area contributed by atoms with Gasteiger partial charge in [0.05, 0.1) is 18.2 Å². The average Bonchev–Trinajstić information content (AvgIpc) is 2.28. The maximum Gasteiger partial charge on any atom is 0.0706 e. The van der Waals surface area contributed by atoms with Gasteiger partial charge in [-0.25, -0.2) is 0 Å². The van der Waals surface area contributed by atoms with Crippen LogP contribution in [-0.2, 0) is 6.42 Å². The van der Waals surface area contributed by atoms with Crippen molar-refractivity contribution in [2.75, 3.05) is 0 Å². The van der Waals surface area contributed by atoms with Crippen LogP contribution in [0, 0.1) is 11.3 Å². The van der Waals surface area contributed by atoms with Crippen molar-refractivity contribution in [3.63, 3.8) is 0 Å². The third-order valence-corrected chi connectivity index (χ3v) is 2.70. The first-order chi connectivity index (χ1) is 8.19. The van der Waals surface area contributed by atoms with E-state index < -0.39 is 0 Å². The molecule has 1 aromatic carbocycles. The summed E-state index contributed by atoms with van der Waals surface area (Å²) in [6.45, 7) is 0. The van der Waals surface area contributed by atoms with E-state index in [2.05, 4.69) is 11.1 Å². The first kappa shape index (κ1) is 11.9. The SMILES string of the molecule is N#CCc1ccnc(-c2cc(Cl)cc(Cl)c2)c1. The molecule has 1 aromatic heterocycles. The van der Waals surface area contributed by atoms with Crippen molar-refractivity contribution in [2.24, 2.45) is 0 Å². The molecule has 0 unspecified atom stereocenters. The summed E-state index contributed by atoms with van der Waals surface area (Å²) in [5.74, 6) is 0. The Hall–Kier alpha value is -1.56. The Kier molecular flexibility index (Phi) is 3.63. The highest BCUT2D eigenvalue weighted by Crippen LogP contribution is 2.26. The molecule has 2 aromatic rings. The van der Waals surface area contributed by atoms with Gasteiger partial charge < -0.3 is 0 Å². The van der Waals surface area contributed by atoms with Crippen LogP contribution in [-0.4, -0.2) is 4.98 Å². The minimum Gasteiger partial charge on any atom is -0.256 e. The van der Waals surface area contributed by atoms with Gasteiger partial charge in [-0.1, -0.05) is 23.2 Å². The molecule has 4 heteroatoms. The summed E-state index contributed by atoms with van der Waals surface area (Å²) in [6, 6.07) is 11.1. The fourth-order valence-corrected chi connectivity index (χ4v) is 2.06. The number of benzene rings is 1. The highest BCUT2D eigenvalue weighted by molar-refractivity contribution is 6.35. The average molecular weight is 263 g/mol. The summed E-state index contributed by atoms with van der Waals surface area (Å²) in [5.41, 5.74) is 2.54. The molecule has 0 aliphatic rings. The maximum absolute atomic E-state index is 8.66. The zero-order valence-electron chi connectivity index (χ0n) is 8.82. The monoisotopic (exact) mass is 262 g/mol. The summed E-state index contributed by atoms with van der Waals surface area (Å²) < 4.78 is 0. The number of nitriles is 1. The Morgan fingerprint density at radius 3 is 2.47 bits per heavy atom. The van der Waals surface area contributed by atoms with Crippen LogP contribution >= 0.6 is 23.2 Å². The minimum absolute atomic E-state index is 0.365. The van der Waals surface area contributed by atoms with E-state index in [-0.39, 0.29) is 0 Å². The number of hydrogen-bond acceptors (Lipinski definition) is 2. The van der Waals surface area contributed by atoms with Gasteiger partial charge in [0.2, 0.25) is 0 Å². The van der Waals surface area contributed by atoms with Crippen molar-refractivity contribution in [1.82, 2.24) is 4.98 Å². The molecule has 2 rings (SSSR count). The molecule has 17 heavy (non-hydrogen) atoms. The molecule has 84 valence electrons. The molecular formula is C13H8Cl2N2. The smallest absolute Gasteiger partial charge is 0.0706 e. The Morgan fingerprint density at radius 2 is 1.82 bits per heavy atom. The molecule has 0 aliphatic heterocycles. The van der Waals surface area contributed by atoms with E-state index in [0.717, 1.165) is 16.8 Å². The Labute approximate surface area is 109 Å². The highest BCUT2D eigenvalue weighted by atomic mass is 35.5. The van der Waals surface area contributed by atoms with E-state index in [4.69, 9.17) is 28.5 Å². The van der Waals surface area contributed by atoms with E-state index in [0.29, 0.717) is 16.5 Å². The first-order valence-corrected chi connectivity index (χ1v) is 5.73. The van der Waals surface area contributed by atoms with Crippen molar-refractivity contribution in [3.05, 3.63) is 52.1 Å². The van der Waals surface area contributed by atoms with Crippen molar-refractivity contribution in [3.8, 4) is 17.3 Å². The van der Waals surface area contributed by atoms with Gasteiger partial charge in [0, 0.05) is 21.8 Å². The van der Waals surface area contributed by atoms with Crippen LogP contribution in [0.4, 0.5) is 0 Å². The van der Waals surface area contributed by atoms with Crippen molar-refractivity contribution in [2.45, 2.75) is 6.42 Å². The van der Waals surface area contributed by atoms with Crippen LogP contribution in [0.5, 0.6) is 0 Å². The summed E-state index contributed by atoms with van der Waals surface area (Å²) in [4.78, 5) is 4.25. The van der Waals surface area contributed by atoms with Crippen molar-refractivity contribution < 1.29 is 0 Å². The van der Waals surface area contributed by atoms with Gasteiger partial charge in [-0.15, -0.1) is 0 Å². The van der Waals surface area contributed by atoms with E-state index in [1.54, 1.807) is 24.4 Å². The van der Waals surface area contributed by atoms with Gasteiger partial charge in [0.1, 0.15) is 0 Å². The quantitative estimate of drug-likeness (QED) is 0.817. The minimum atomic E-state index is 0.365. The van der Waals surface area contributed by atoms with Gasteiger partial charge in [-0.05, 0) is 35.9 Å². The van der Waals surface area contributed by atoms with E-state index >= 15 is 0 Å². The van der Waals surface area contributed by atoms with E-state index in [1.807, 2.05) is 12.1 Å². The van der Waals surface area contributed by atoms with Gasteiger partial charge in [-0.2, -0.15) is 5.26 Å². The van der Waals surface area contributed by atoms with Gasteiger partial charge in [0.15, 0.2) is 0 Å². The van der Waals surface area contributed by atoms with Crippen LogP contribution in [0.3, 0.4) is 0 Å². The maximum atomic E-state index is 8.66. The van der Waals surface area contributed by atoms with Crippen LogP contribution in [0.25, 0.3) is 11.3 Å². The second-order valence-electron chi connectivity index (χ2n) is 3.54. The van der Waals surface area contributed by atoms with Crippen molar-refractivity contribution in [1.29, 1.82) is 5.26 Å². The molecule has 0 N–H and O–H groups in total. The fraction of sp³-hybridized carbons (Fsp3) is 0.0769. The van der Waals surface area contributed by atoms with Crippen LogP contribution in [0.1, 0.15) is 5.56 Å². The molecule has 0 atom stereocenters. The lowest BCUT2D eigenvalue weighted by Gasteiger charge is -2.04. The molecule has 0 aliphatic carbocycles. The molecular weight excluding hydrogens is 255 g/mol. The number of pyridine rings is 1. The summed E-state index contributed by atoms with van der Waals surface area (Å²) in [5, 5.41) is 9.80. The Morgan fingerprint density at radius 1 is 1.12 bits per heavy atom. The first-order valence-electron chi connectivity index (χ1n) is 4.97. The second kappa shape index (κ2) is 5.18. The molecule has 0 saturated heterocycles.